The molecule has 1 aromatic heterocycles. The molecule has 1 saturated carbocycles. The highest BCUT2D eigenvalue weighted by Crippen LogP contribution is 2.63. The van der Waals surface area contributed by atoms with Crippen molar-refractivity contribution < 1.29 is 0 Å². The van der Waals surface area contributed by atoms with E-state index in [-0.39, 0.29) is 5.41 Å². The number of rotatable bonds is 3. The van der Waals surface area contributed by atoms with E-state index in [9.17, 15) is 0 Å². The number of benzene rings is 1. The van der Waals surface area contributed by atoms with E-state index >= 15 is 0 Å². The Bertz CT molecular complexity index is 540. The number of aromatic nitrogens is 2. The largest absolute Gasteiger partial charge is 0.330 e. The lowest BCUT2D eigenvalue weighted by molar-refractivity contribution is 0.503. The van der Waals surface area contributed by atoms with Crippen molar-refractivity contribution >= 4 is 0 Å². The zero-order valence-corrected chi connectivity index (χ0v) is 10.9. The first kappa shape index (κ1) is 11.5. The van der Waals surface area contributed by atoms with Gasteiger partial charge in [0.25, 0.3) is 0 Å². The van der Waals surface area contributed by atoms with E-state index in [0.717, 1.165) is 12.2 Å². The van der Waals surface area contributed by atoms with Crippen LogP contribution in [0.4, 0.5) is 0 Å². The number of hydrogen-bond donors (Lipinski definition) is 1. The summed E-state index contributed by atoms with van der Waals surface area (Å²) in [5.41, 5.74) is 8.94. The summed E-state index contributed by atoms with van der Waals surface area (Å²) in [6.45, 7) is 5.31. The van der Waals surface area contributed by atoms with Crippen LogP contribution in [0.5, 0.6) is 0 Å². The normalized spacial score (nSPS) is 25.1. The molecule has 0 saturated heterocycles. The molecule has 1 fully saturated rings. The minimum Gasteiger partial charge on any atom is -0.330 e. The standard InChI is InChI=1S/C15H19N3/c1-14(2)10-15(14,11-16)12-4-6-13(7-5-12)18-9-3-8-17-18/h3-9H,10-11,16H2,1-2H3. The molecule has 1 unspecified atom stereocenters. The minimum atomic E-state index is 0.176. The molecule has 1 atom stereocenters. The first-order valence-corrected chi connectivity index (χ1v) is 6.40. The summed E-state index contributed by atoms with van der Waals surface area (Å²) in [5.74, 6) is 0. The van der Waals surface area contributed by atoms with E-state index < -0.39 is 0 Å². The highest BCUT2D eigenvalue weighted by molar-refractivity contribution is 5.42. The van der Waals surface area contributed by atoms with Gasteiger partial charge in [0, 0.05) is 24.4 Å². The molecular formula is C15H19N3. The summed E-state index contributed by atoms with van der Waals surface area (Å²) < 4.78 is 1.87. The number of nitrogens with two attached hydrogens (primary N) is 1. The SMILES string of the molecule is CC1(C)CC1(CN)c1ccc(-n2cccn2)cc1. The van der Waals surface area contributed by atoms with Crippen LogP contribution in [0.2, 0.25) is 0 Å². The Hall–Kier alpha value is -1.61. The van der Waals surface area contributed by atoms with E-state index in [2.05, 4.69) is 43.2 Å². The van der Waals surface area contributed by atoms with Crippen molar-refractivity contribution in [1.82, 2.24) is 9.78 Å². The van der Waals surface area contributed by atoms with E-state index in [0.29, 0.717) is 5.41 Å². The molecule has 1 heterocycles. The van der Waals surface area contributed by atoms with Gasteiger partial charge in [0.2, 0.25) is 0 Å². The monoisotopic (exact) mass is 241 g/mol. The van der Waals surface area contributed by atoms with E-state index in [1.54, 1.807) is 6.20 Å². The van der Waals surface area contributed by atoms with Crippen molar-refractivity contribution in [2.75, 3.05) is 6.54 Å². The minimum absolute atomic E-state index is 0.176. The maximum absolute atomic E-state index is 5.99. The molecule has 2 aromatic rings. The van der Waals surface area contributed by atoms with E-state index in [1.807, 2.05) is 16.9 Å². The zero-order valence-electron chi connectivity index (χ0n) is 10.9. The second-order valence-electron chi connectivity index (χ2n) is 5.84. The maximum Gasteiger partial charge on any atom is 0.0645 e. The number of hydrogen-bond acceptors (Lipinski definition) is 2. The van der Waals surface area contributed by atoms with Crippen LogP contribution in [-0.4, -0.2) is 16.3 Å². The molecule has 3 heteroatoms. The molecule has 94 valence electrons. The third-order valence-electron chi connectivity index (χ3n) is 4.45. The summed E-state index contributed by atoms with van der Waals surface area (Å²) in [5, 5.41) is 4.23. The van der Waals surface area contributed by atoms with Crippen molar-refractivity contribution in [2.24, 2.45) is 11.1 Å². The molecule has 0 spiro atoms. The molecule has 0 amide bonds. The van der Waals surface area contributed by atoms with Gasteiger partial charge in [-0.3, -0.25) is 0 Å². The Balaban J connectivity index is 1.93. The Kier molecular flexibility index (Phi) is 2.35. The van der Waals surface area contributed by atoms with Crippen LogP contribution in [0.1, 0.15) is 25.8 Å². The third-order valence-corrected chi connectivity index (χ3v) is 4.45. The van der Waals surface area contributed by atoms with Gasteiger partial charge in [0.05, 0.1) is 5.69 Å². The van der Waals surface area contributed by atoms with Gasteiger partial charge in [-0.2, -0.15) is 5.10 Å². The van der Waals surface area contributed by atoms with Gasteiger partial charge in [-0.05, 0) is 35.6 Å². The van der Waals surface area contributed by atoms with Crippen LogP contribution >= 0.6 is 0 Å². The van der Waals surface area contributed by atoms with Crippen LogP contribution in [0, 0.1) is 5.41 Å². The van der Waals surface area contributed by atoms with E-state index in [1.165, 1.54) is 12.0 Å². The molecule has 2 N–H and O–H groups in total. The average molecular weight is 241 g/mol. The third kappa shape index (κ3) is 1.51. The van der Waals surface area contributed by atoms with Crippen molar-refractivity contribution in [3.8, 4) is 5.69 Å². The van der Waals surface area contributed by atoms with Crippen LogP contribution in [0.15, 0.2) is 42.7 Å². The lowest BCUT2D eigenvalue weighted by atomic mass is 9.88. The first-order chi connectivity index (χ1) is 8.59. The summed E-state index contributed by atoms with van der Waals surface area (Å²) in [6.07, 6.45) is 4.92. The van der Waals surface area contributed by atoms with Gasteiger partial charge >= 0.3 is 0 Å². The van der Waals surface area contributed by atoms with E-state index in [4.69, 9.17) is 5.73 Å². The summed E-state index contributed by atoms with van der Waals surface area (Å²) in [4.78, 5) is 0. The zero-order chi connectivity index (χ0) is 12.8. The molecule has 18 heavy (non-hydrogen) atoms. The highest BCUT2D eigenvalue weighted by Gasteiger charge is 2.60. The van der Waals surface area contributed by atoms with Crippen molar-refractivity contribution in [2.45, 2.75) is 25.7 Å². The molecule has 3 rings (SSSR count). The Morgan fingerprint density at radius 2 is 1.94 bits per heavy atom. The quantitative estimate of drug-likeness (QED) is 0.897. The van der Waals surface area contributed by atoms with Crippen LogP contribution in [0.25, 0.3) is 5.69 Å². The van der Waals surface area contributed by atoms with Gasteiger partial charge in [-0.15, -0.1) is 0 Å². The van der Waals surface area contributed by atoms with Gasteiger partial charge in [-0.25, -0.2) is 4.68 Å². The Morgan fingerprint density at radius 3 is 2.39 bits per heavy atom. The lowest BCUT2D eigenvalue weighted by Crippen LogP contribution is -2.25. The van der Waals surface area contributed by atoms with Gasteiger partial charge in [-0.1, -0.05) is 26.0 Å². The second-order valence-corrected chi connectivity index (χ2v) is 5.84. The molecule has 0 radical (unpaired) electrons. The molecule has 3 nitrogen and oxygen atoms in total. The fourth-order valence-electron chi connectivity index (χ4n) is 3.02. The van der Waals surface area contributed by atoms with Gasteiger partial charge in [0.1, 0.15) is 0 Å². The van der Waals surface area contributed by atoms with Gasteiger partial charge < -0.3 is 5.73 Å². The highest BCUT2D eigenvalue weighted by atomic mass is 15.3. The smallest absolute Gasteiger partial charge is 0.0645 e. The summed E-state index contributed by atoms with van der Waals surface area (Å²) in [7, 11) is 0. The number of nitrogens with zero attached hydrogens (tertiary/aromatic N) is 2. The predicted octanol–water partition coefficient (Wildman–Crippen LogP) is 2.50. The predicted molar refractivity (Wildman–Crippen MR) is 72.7 cm³/mol. The second kappa shape index (κ2) is 3.69. The maximum atomic E-state index is 5.99. The first-order valence-electron chi connectivity index (χ1n) is 6.40. The van der Waals surface area contributed by atoms with Crippen molar-refractivity contribution in [3.05, 3.63) is 48.3 Å². The Labute approximate surface area is 108 Å². The molecule has 1 aliphatic carbocycles. The van der Waals surface area contributed by atoms with Crippen molar-refractivity contribution in [1.29, 1.82) is 0 Å². The summed E-state index contributed by atoms with van der Waals surface area (Å²) in [6, 6.07) is 10.6. The Morgan fingerprint density at radius 1 is 1.28 bits per heavy atom. The fourth-order valence-corrected chi connectivity index (χ4v) is 3.02. The molecular weight excluding hydrogens is 222 g/mol. The molecule has 1 aliphatic rings. The summed E-state index contributed by atoms with van der Waals surface area (Å²) >= 11 is 0. The molecule has 1 aromatic carbocycles. The molecule has 0 bridgehead atoms. The van der Waals surface area contributed by atoms with Crippen molar-refractivity contribution in [3.63, 3.8) is 0 Å². The molecule has 0 aliphatic heterocycles. The average Bonchev–Trinajstić information content (AvgIpc) is 2.78. The fraction of sp³-hybridized carbons (Fsp3) is 0.400. The van der Waals surface area contributed by atoms with Crippen LogP contribution < -0.4 is 5.73 Å². The lowest BCUT2D eigenvalue weighted by Gasteiger charge is -2.19. The topological polar surface area (TPSA) is 43.8 Å². The van der Waals surface area contributed by atoms with Gasteiger partial charge in [0.15, 0.2) is 0 Å². The van der Waals surface area contributed by atoms with Crippen LogP contribution in [0.3, 0.4) is 0 Å². The van der Waals surface area contributed by atoms with Crippen LogP contribution in [-0.2, 0) is 5.41 Å².